The third kappa shape index (κ3) is 2.82. The number of aromatic nitrogens is 1. The van der Waals surface area contributed by atoms with Gasteiger partial charge in [-0.3, -0.25) is 0 Å². The van der Waals surface area contributed by atoms with Crippen LogP contribution in [0.25, 0.3) is 0 Å². The van der Waals surface area contributed by atoms with Gasteiger partial charge in [0.2, 0.25) is 0 Å². The van der Waals surface area contributed by atoms with Crippen molar-refractivity contribution in [1.82, 2.24) is 4.98 Å². The standard InChI is InChI=1S/C12H12N2O2S/c1-8-6-17-7-9(8)5-13-11-4-2-3-10(14-11)12(15)16/h2-4,6-7H,5H2,1H3,(H,13,14)(H,15,16). The Kier molecular flexibility index (Phi) is 3.39. The van der Waals surface area contributed by atoms with E-state index in [0.717, 1.165) is 0 Å². The lowest BCUT2D eigenvalue weighted by Gasteiger charge is -2.05. The zero-order valence-corrected chi connectivity index (χ0v) is 10.1. The van der Waals surface area contributed by atoms with Gasteiger partial charge in [-0.25, -0.2) is 9.78 Å². The van der Waals surface area contributed by atoms with E-state index in [1.807, 2.05) is 0 Å². The number of carboxylic acids is 1. The van der Waals surface area contributed by atoms with Crippen LogP contribution in [0.5, 0.6) is 0 Å². The van der Waals surface area contributed by atoms with Crippen LogP contribution >= 0.6 is 11.3 Å². The summed E-state index contributed by atoms with van der Waals surface area (Å²) >= 11 is 1.65. The van der Waals surface area contributed by atoms with E-state index in [9.17, 15) is 4.79 Å². The molecule has 5 heteroatoms. The number of thiophene rings is 1. The molecule has 0 aliphatic rings. The van der Waals surface area contributed by atoms with Crippen LogP contribution in [0, 0.1) is 6.92 Å². The number of hydrogen-bond acceptors (Lipinski definition) is 4. The summed E-state index contributed by atoms with van der Waals surface area (Å²) in [6.45, 7) is 2.71. The van der Waals surface area contributed by atoms with Crippen molar-refractivity contribution in [2.75, 3.05) is 5.32 Å². The lowest BCUT2D eigenvalue weighted by Crippen LogP contribution is -2.05. The Morgan fingerprint density at radius 2 is 2.29 bits per heavy atom. The van der Waals surface area contributed by atoms with E-state index < -0.39 is 5.97 Å². The average Bonchev–Trinajstić information content (AvgIpc) is 2.72. The summed E-state index contributed by atoms with van der Waals surface area (Å²) in [6, 6.07) is 4.91. The molecule has 0 aliphatic carbocycles. The second-order valence-corrected chi connectivity index (χ2v) is 4.39. The summed E-state index contributed by atoms with van der Waals surface area (Å²) in [6.07, 6.45) is 0. The van der Waals surface area contributed by atoms with Crippen LogP contribution in [0.15, 0.2) is 29.0 Å². The molecule has 0 radical (unpaired) electrons. The number of aryl methyl sites for hydroxylation is 1. The van der Waals surface area contributed by atoms with Gasteiger partial charge in [0.05, 0.1) is 0 Å². The van der Waals surface area contributed by atoms with Gasteiger partial charge in [0.1, 0.15) is 5.82 Å². The Balaban J connectivity index is 2.07. The molecular weight excluding hydrogens is 236 g/mol. The smallest absolute Gasteiger partial charge is 0.354 e. The zero-order chi connectivity index (χ0) is 12.3. The van der Waals surface area contributed by atoms with Crippen LogP contribution < -0.4 is 5.32 Å². The summed E-state index contributed by atoms with van der Waals surface area (Å²) in [5, 5.41) is 16.1. The number of aromatic carboxylic acids is 1. The Labute approximate surface area is 103 Å². The fourth-order valence-electron chi connectivity index (χ4n) is 1.41. The molecule has 2 rings (SSSR count). The Hall–Kier alpha value is -1.88. The predicted octanol–water partition coefficient (Wildman–Crippen LogP) is 2.76. The third-order valence-electron chi connectivity index (χ3n) is 2.39. The molecule has 0 aromatic carbocycles. The summed E-state index contributed by atoms with van der Waals surface area (Å²) in [5.74, 6) is -0.434. The topological polar surface area (TPSA) is 62.2 Å². The van der Waals surface area contributed by atoms with Crippen LogP contribution in [-0.4, -0.2) is 16.1 Å². The minimum Gasteiger partial charge on any atom is -0.477 e. The second-order valence-electron chi connectivity index (χ2n) is 3.65. The monoisotopic (exact) mass is 248 g/mol. The molecule has 4 nitrogen and oxygen atoms in total. The minimum atomic E-state index is -1.01. The number of nitrogens with one attached hydrogen (secondary N) is 1. The van der Waals surface area contributed by atoms with E-state index in [2.05, 4.69) is 28.0 Å². The van der Waals surface area contributed by atoms with Crippen molar-refractivity contribution >= 4 is 23.1 Å². The fraction of sp³-hybridized carbons (Fsp3) is 0.167. The van der Waals surface area contributed by atoms with E-state index >= 15 is 0 Å². The molecule has 0 aliphatic heterocycles. The van der Waals surface area contributed by atoms with Gasteiger partial charge < -0.3 is 10.4 Å². The number of carboxylic acid groups (broad SMARTS) is 1. The molecule has 2 aromatic heterocycles. The highest BCUT2D eigenvalue weighted by molar-refractivity contribution is 7.08. The summed E-state index contributed by atoms with van der Waals surface area (Å²) in [4.78, 5) is 14.7. The van der Waals surface area contributed by atoms with Gasteiger partial charge in [0.25, 0.3) is 0 Å². The number of pyridine rings is 1. The van der Waals surface area contributed by atoms with Crippen LogP contribution in [0.2, 0.25) is 0 Å². The van der Waals surface area contributed by atoms with Gasteiger partial charge in [0, 0.05) is 6.54 Å². The molecule has 0 saturated carbocycles. The molecule has 0 bridgehead atoms. The molecule has 0 fully saturated rings. The van der Waals surface area contributed by atoms with Crippen LogP contribution in [0.4, 0.5) is 5.82 Å². The molecule has 0 atom stereocenters. The molecule has 0 unspecified atom stereocenters. The minimum absolute atomic E-state index is 0.0528. The molecule has 0 spiro atoms. The molecule has 17 heavy (non-hydrogen) atoms. The van der Waals surface area contributed by atoms with E-state index in [-0.39, 0.29) is 5.69 Å². The zero-order valence-electron chi connectivity index (χ0n) is 9.30. The molecule has 2 N–H and O–H groups in total. The lowest BCUT2D eigenvalue weighted by molar-refractivity contribution is 0.0690. The number of rotatable bonds is 4. The third-order valence-corrected chi connectivity index (χ3v) is 3.30. The largest absolute Gasteiger partial charge is 0.477 e. The van der Waals surface area contributed by atoms with E-state index in [1.165, 1.54) is 17.2 Å². The maximum atomic E-state index is 10.8. The van der Waals surface area contributed by atoms with Crippen LogP contribution in [-0.2, 0) is 6.54 Å². The van der Waals surface area contributed by atoms with Crippen molar-refractivity contribution in [2.24, 2.45) is 0 Å². The van der Waals surface area contributed by atoms with E-state index in [4.69, 9.17) is 5.11 Å². The van der Waals surface area contributed by atoms with Crippen molar-refractivity contribution in [2.45, 2.75) is 13.5 Å². The molecule has 0 saturated heterocycles. The van der Waals surface area contributed by atoms with Gasteiger partial charge >= 0.3 is 5.97 Å². The van der Waals surface area contributed by atoms with Gasteiger partial charge in [0.15, 0.2) is 5.69 Å². The first-order valence-corrected chi connectivity index (χ1v) is 6.07. The lowest BCUT2D eigenvalue weighted by atomic mass is 10.2. The highest BCUT2D eigenvalue weighted by atomic mass is 32.1. The first-order chi connectivity index (χ1) is 8.16. The average molecular weight is 248 g/mol. The normalized spacial score (nSPS) is 10.2. The Bertz CT molecular complexity index is 537. The SMILES string of the molecule is Cc1cscc1CNc1cccc(C(=O)O)n1. The quantitative estimate of drug-likeness (QED) is 0.873. The maximum absolute atomic E-state index is 10.8. The molecule has 0 amide bonds. The fourth-order valence-corrected chi connectivity index (χ4v) is 2.26. The predicted molar refractivity (Wildman–Crippen MR) is 67.6 cm³/mol. The van der Waals surface area contributed by atoms with Gasteiger partial charge in [-0.05, 0) is 40.9 Å². The van der Waals surface area contributed by atoms with Crippen molar-refractivity contribution in [3.05, 3.63) is 45.8 Å². The molecule has 88 valence electrons. The summed E-state index contributed by atoms with van der Waals surface area (Å²) in [7, 11) is 0. The van der Waals surface area contributed by atoms with Crippen LogP contribution in [0.3, 0.4) is 0 Å². The molecule has 2 aromatic rings. The maximum Gasteiger partial charge on any atom is 0.354 e. The molecular formula is C12H12N2O2S. The summed E-state index contributed by atoms with van der Waals surface area (Å²) < 4.78 is 0. The van der Waals surface area contributed by atoms with Crippen molar-refractivity contribution in [1.29, 1.82) is 0 Å². The van der Waals surface area contributed by atoms with E-state index in [1.54, 1.807) is 23.5 Å². The highest BCUT2D eigenvalue weighted by Gasteiger charge is 2.05. The van der Waals surface area contributed by atoms with Crippen molar-refractivity contribution < 1.29 is 9.90 Å². The molecule has 2 heterocycles. The van der Waals surface area contributed by atoms with Crippen LogP contribution in [0.1, 0.15) is 21.6 Å². The van der Waals surface area contributed by atoms with Crippen molar-refractivity contribution in [3.63, 3.8) is 0 Å². The number of anilines is 1. The summed E-state index contributed by atoms with van der Waals surface area (Å²) in [5.41, 5.74) is 2.49. The van der Waals surface area contributed by atoms with Gasteiger partial charge in [-0.1, -0.05) is 6.07 Å². The van der Waals surface area contributed by atoms with E-state index in [0.29, 0.717) is 12.4 Å². The second kappa shape index (κ2) is 4.97. The number of hydrogen-bond donors (Lipinski definition) is 2. The van der Waals surface area contributed by atoms with Crippen molar-refractivity contribution in [3.8, 4) is 0 Å². The Morgan fingerprint density at radius 3 is 2.94 bits per heavy atom. The first-order valence-electron chi connectivity index (χ1n) is 5.12. The number of nitrogens with zero attached hydrogens (tertiary/aromatic N) is 1. The van der Waals surface area contributed by atoms with Gasteiger partial charge in [-0.2, -0.15) is 11.3 Å². The highest BCUT2D eigenvalue weighted by Crippen LogP contribution is 2.15. The first kappa shape index (κ1) is 11.6. The van der Waals surface area contributed by atoms with Gasteiger partial charge in [-0.15, -0.1) is 0 Å². The Morgan fingerprint density at radius 1 is 1.47 bits per heavy atom. The number of carbonyl (C=O) groups is 1.